The van der Waals surface area contributed by atoms with Gasteiger partial charge < -0.3 is 19.6 Å². The van der Waals surface area contributed by atoms with Crippen molar-refractivity contribution >= 4 is 22.8 Å². The van der Waals surface area contributed by atoms with Crippen molar-refractivity contribution in [2.45, 2.75) is 45.6 Å². The van der Waals surface area contributed by atoms with Gasteiger partial charge in [0.15, 0.2) is 6.61 Å². The molecular weight excluding hydrogens is 334 g/mol. The van der Waals surface area contributed by atoms with Gasteiger partial charge in [0.1, 0.15) is 11.3 Å². The van der Waals surface area contributed by atoms with Crippen LogP contribution in [0.5, 0.6) is 5.75 Å². The van der Waals surface area contributed by atoms with Gasteiger partial charge in [-0.05, 0) is 30.4 Å². The molecule has 140 valence electrons. The topological polar surface area (TPSA) is 88.8 Å². The van der Waals surface area contributed by atoms with Crippen molar-refractivity contribution in [2.24, 2.45) is 11.8 Å². The summed E-state index contributed by atoms with van der Waals surface area (Å²) in [6.45, 7) is 4.09. The Bertz CT molecular complexity index is 797. The van der Waals surface area contributed by atoms with E-state index >= 15 is 0 Å². The first-order valence-corrected chi connectivity index (χ1v) is 9.08. The van der Waals surface area contributed by atoms with Crippen LogP contribution < -0.4 is 5.32 Å². The van der Waals surface area contributed by atoms with Crippen LogP contribution in [0, 0.1) is 11.8 Å². The average Bonchev–Trinajstić information content (AvgIpc) is 2.99. The van der Waals surface area contributed by atoms with Crippen molar-refractivity contribution in [1.82, 2.24) is 5.32 Å². The summed E-state index contributed by atoms with van der Waals surface area (Å²) in [6.07, 6.45) is 4.76. The zero-order chi connectivity index (χ0) is 18.7. The number of furan rings is 1. The van der Waals surface area contributed by atoms with Crippen LogP contribution in [0.4, 0.5) is 0 Å². The van der Waals surface area contributed by atoms with Crippen LogP contribution >= 0.6 is 0 Å². The maximum atomic E-state index is 12.1. The molecule has 1 fully saturated rings. The zero-order valence-electron chi connectivity index (χ0n) is 15.2. The van der Waals surface area contributed by atoms with E-state index < -0.39 is 5.97 Å². The van der Waals surface area contributed by atoms with E-state index in [1.165, 1.54) is 24.8 Å². The molecule has 0 aliphatic heterocycles. The number of rotatable bonds is 5. The van der Waals surface area contributed by atoms with E-state index in [-0.39, 0.29) is 30.7 Å². The third-order valence-electron chi connectivity index (χ3n) is 5.39. The maximum Gasteiger partial charge on any atom is 0.310 e. The van der Waals surface area contributed by atoms with E-state index in [0.29, 0.717) is 23.0 Å². The number of amides is 1. The fourth-order valence-electron chi connectivity index (χ4n) is 3.60. The number of fused-ring (bicyclic) bond motifs is 1. The van der Waals surface area contributed by atoms with Crippen LogP contribution in [0.25, 0.3) is 11.0 Å². The van der Waals surface area contributed by atoms with Gasteiger partial charge in [-0.1, -0.05) is 26.7 Å². The summed E-state index contributed by atoms with van der Waals surface area (Å²) >= 11 is 0. The first-order chi connectivity index (χ1) is 12.4. The highest BCUT2D eigenvalue weighted by Crippen LogP contribution is 2.29. The Labute approximate surface area is 152 Å². The molecule has 1 saturated carbocycles. The summed E-state index contributed by atoms with van der Waals surface area (Å²) in [6, 6.07) is 4.86. The molecule has 1 aliphatic carbocycles. The summed E-state index contributed by atoms with van der Waals surface area (Å²) < 4.78 is 10.4. The number of benzene rings is 1. The fraction of sp³-hybridized carbons (Fsp3) is 0.500. The number of phenols is 1. The van der Waals surface area contributed by atoms with Gasteiger partial charge in [0, 0.05) is 23.1 Å². The zero-order valence-corrected chi connectivity index (χ0v) is 15.2. The summed E-state index contributed by atoms with van der Waals surface area (Å²) in [4.78, 5) is 24.1. The number of hydrogen-bond acceptors (Lipinski definition) is 5. The van der Waals surface area contributed by atoms with Gasteiger partial charge in [-0.2, -0.15) is 0 Å². The minimum atomic E-state index is -0.485. The lowest BCUT2D eigenvalue weighted by Gasteiger charge is -2.34. The molecule has 2 aromatic rings. The minimum Gasteiger partial charge on any atom is -0.508 e. The third-order valence-corrected chi connectivity index (χ3v) is 5.39. The summed E-state index contributed by atoms with van der Waals surface area (Å²) in [7, 11) is 0. The fourth-order valence-corrected chi connectivity index (χ4v) is 3.60. The van der Waals surface area contributed by atoms with Gasteiger partial charge in [-0.15, -0.1) is 0 Å². The third kappa shape index (κ3) is 4.18. The second-order valence-corrected chi connectivity index (χ2v) is 7.22. The van der Waals surface area contributed by atoms with E-state index in [4.69, 9.17) is 9.15 Å². The number of carbonyl (C=O) groups is 2. The van der Waals surface area contributed by atoms with Crippen molar-refractivity contribution in [3.05, 3.63) is 30.0 Å². The molecule has 3 atom stereocenters. The smallest absolute Gasteiger partial charge is 0.310 e. The van der Waals surface area contributed by atoms with Crippen LogP contribution in [-0.2, 0) is 20.7 Å². The molecule has 2 N–H and O–H groups in total. The predicted octanol–water partition coefficient (Wildman–Crippen LogP) is 3.17. The first kappa shape index (κ1) is 18.3. The SMILES string of the molecule is C[C@@H]1[C@H](C)CCC[C@@H]1NC(=O)COC(=O)Cc1coc2cc(O)ccc12. The standard InChI is InChI=1S/C20H25NO5/c1-12-4-3-5-17(13(12)2)21-19(23)11-26-20(24)8-14-10-25-18-9-15(22)6-7-16(14)18/h6-7,9-10,12-13,17,22H,3-5,8,11H2,1-2H3,(H,21,23)/t12-,13-,17+/m1/s1. The number of aromatic hydroxyl groups is 1. The molecule has 1 heterocycles. The summed E-state index contributed by atoms with van der Waals surface area (Å²) in [5, 5.41) is 13.2. The van der Waals surface area contributed by atoms with Gasteiger partial charge in [-0.3, -0.25) is 9.59 Å². The molecule has 3 rings (SSSR count). The number of esters is 1. The Morgan fingerprint density at radius 2 is 2.12 bits per heavy atom. The van der Waals surface area contributed by atoms with Gasteiger partial charge in [0.25, 0.3) is 5.91 Å². The summed E-state index contributed by atoms with van der Waals surface area (Å²) in [5.74, 6) is 0.374. The molecule has 0 radical (unpaired) electrons. The number of carbonyl (C=O) groups excluding carboxylic acids is 2. The monoisotopic (exact) mass is 359 g/mol. The van der Waals surface area contributed by atoms with Crippen molar-refractivity contribution in [2.75, 3.05) is 6.61 Å². The largest absolute Gasteiger partial charge is 0.508 e. The number of ether oxygens (including phenoxy) is 1. The number of phenolic OH excluding ortho intramolecular Hbond substituents is 1. The van der Waals surface area contributed by atoms with Crippen LogP contribution in [0.15, 0.2) is 28.9 Å². The Kier molecular flexibility index (Phi) is 5.49. The van der Waals surface area contributed by atoms with E-state index in [2.05, 4.69) is 19.2 Å². The molecule has 0 spiro atoms. The molecule has 1 aromatic carbocycles. The molecule has 6 nitrogen and oxygen atoms in total. The van der Waals surface area contributed by atoms with Gasteiger partial charge in [0.2, 0.25) is 0 Å². The molecular formula is C20H25NO5. The second-order valence-electron chi connectivity index (χ2n) is 7.22. The van der Waals surface area contributed by atoms with Crippen molar-refractivity contribution < 1.29 is 23.8 Å². The van der Waals surface area contributed by atoms with E-state index in [9.17, 15) is 14.7 Å². The first-order valence-electron chi connectivity index (χ1n) is 9.08. The predicted molar refractivity (Wildman–Crippen MR) is 96.7 cm³/mol. The normalized spacial score (nSPS) is 22.9. The van der Waals surface area contributed by atoms with E-state index in [1.54, 1.807) is 6.07 Å². The molecule has 0 unspecified atom stereocenters. The van der Waals surface area contributed by atoms with Gasteiger partial charge in [-0.25, -0.2) is 0 Å². The maximum absolute atomic E-state index is 12.1. The molecule has 1 aromatic heterocycles. The highest BCUT2D eigenvalue weighted by molar-refractivity contribution is 5.87. The van der Waals surface area contributed by atoms with E-state index in [0.717, 1.165) is 18.2 Å². The molecule has 6 heteroatoms. The molecule has 0 saturated heterocycles. The van der Waals surface area contributed by atoms with Crippen LogP contribution in [0.1, 0.15) is 38.7 Å². The lowest BCUT2D eigenvalue weighted by Crippen LogP contribution is -2.45. The Hall–Kier alpha value is -2.50. The Balaban J connectivity index is 1.49. The number of hydrogen-bond donors (Lipinski definition) is 2. The Morgan fingerprint density at radius 1 is 1.31 bits per heavy atom. The molecule has 1 amide bonds. The molecule has 26 heavy (non-hydrogen) atoms. The Morgan fingerprint density at radius 3 is 2.92 bits per heavy atom. The second kappa shape index (κ2) is 7.81. The van der Waals surface area contributed by atoms with Crippen LogP contribution in [0.2, 0.25) is 0 Å². The number of nitrogens with one attached hydrogen (secondary N) is 1. The van der Waals surface area contributed by atoms with Crippen molar-refractivity contribution in [3.63, 3.8) is 0 Å². The molecule has 0 bridgehead atoms. The van der Waals surface area contributed by atoms with Gasteiger partial charge >= 0.3 is 5.97 Å². The highest BCUT2D eigenvalue weighted by atomic mass is 16.5. The highest BCUT2D eigenvalue weighted by Gasteiger charge is 2.28. The lowest BCUT2D eigenvalue weighted by atomic mass is 9.78. The molecule has 1 aliphatic rings. The quantitative estimate of drug-likeness (QED) is 0.801. The van der Waals surface area contributed by atoms with Crippen LogP contribution in [0.3, 0.4) is 0 Å². The average molecular weight is 359 g/mol. The summed E-state index contributed by atoms with van der Waals surface area (Å²) in [5.41, 5.74) is 1.17. The lowest BCUT2D eigenvalue weighted by molar-refractivity contribution is -0.148. The van der Waals surface area contributed by atoms with Crippen LogP contribution in [-0.4, -0.2) is 29.6 Å². The van der Waals surface area contributed by atoms with Crippen molar-refractivity contribution in [1.29, 1.82) is 0 Å². The van der Waals surface area contributed by atoms with Crippen molar-refractivity contribution in [3.8, 4) is 5.75 Å². The van der Waals surface area contributed by atoms with Gasteiger partial charge in [0.05, 0.1) is 12.7 Å². The van der Waals surface area contributed by atoms with E-state index in [1.807, 2.05) is 0 Å². The minimum absolute atomic E-state index is 0.0158.